The molecule has 0 fully saturated rings. The van der Waals surface area contributed by atoms with Crippen LogP contribution in [0.2, 0.25) is 0 Å². The number of esters is 1. The standard InChI is InChI=1S/C15H29NO4/c1-10(2)13(14(18)20-15(4,5)6)16-12(17)9-8-11(3)19-7/h10-11,13H,8-9H2,1-7H3,(H,16,17)/t11?,13-/m0/s1. The Morgan fingerprint density at radius 1 is 1.15 bits per heavy atom. The van der Waals surface area contributed by atoms with E-state index in [-0.39, 0.29) is 23.9 Å². The summed E-state index contributed by atoms with van der Waals surface area (Å²) in [7, 11) is 1.61. The summed E-state index contributed by atoms with van der Waals surface area (Å²) < 4.78 is 10.4. The SMILES string of the molecule is COC(C)CCC(=O)N[C@H](C(=O)OC(C)(C)C)C(C)C. The monoisotopic (exact) mass is 287 g/mol. The number of rotatable bonds is 7. The first-order valence-corrected chi connectivity index (χ1v) is 7.11. The Hall–Kier alpha value is -1.10. The van der Waals surface area contributed by atoms with Crippen LogP contribution < -0.4 is 5.32 Å². The second-order valence-corrected chi connectivity index (χ2v) is 6.41. The highest BCUT2D eigenvalue weighted by Gasteiger charge is 2.29. The lowest BCUT2D eigenvalue weighted by molar-refractivity contribution is -0.160. The first kappa shape index (κ1) is 18.9. The number of carbonyl (C=O) groups is 2. The summed E-state index contributed by atoms with van der Waals surface area (Å²) in [6, 6.07) is -0.612. The van der Waals surface area contributed by atoms with E-state index in [0.29, 0.717) is 12.8 Å². The van der Waals surface area contributed by atoms with Gasteiger partial charge in [0, 0.05) is 13.5 Å². The topological polar surface area (TPSA) is 64.6 Å². The van der Waals surface area contributed by atoms with E-state index in [4.69, 9.17) is 9.47 Å². The zero-order valence-electron chi connectivity index (χ0n) is 13.8. The minimum absolute atomic E-state index is 0.0198. The normalized spacial score (nSPS) is 14.8. The van der Waals surface area contributed by atoms with Crippen LogP contribution in [0.25, 0.3) is 0 Å². The summed E-state index contributed by atoms with van der Waals surface area (Å²) in [6.45, 7) is 11.1. The van der Waals surface area contributed by atoms with Gasteiger partial charge in [0.25, 0.3) is 0 Å². The number of hydrogen-bond donors (Lipinski definition) is 1. The van der Waals surface area contributed by atoms with Gasteiger partial charge in [-0.3, -0.25) is 4.79 Å². The van der Waals surface area contributed by atoms with E-state index in [0.717, 1.165) is 0 Å². The Bertz CT molecular complexity index is 320. The first-order chi connectivity index (χ1) is 9.06. The molecule has 0 bridgehead atoms. The summed E-state index contributed by atoms with van der Waals surface area (Å²) in [5, 5.41) is 2.75. The Kier molecular flexibility index (Phi) is 7.79. The molecule has 20 heavy (non-hydrogen) atoms. The maximum Gasteiger partial charge on any atom is 0.329 e. The molecule has 0 saturated heterocycles. The van der Waals surface area contributed by atoms with Gasteiger partial charge in [0.05, 0.1) is 6.10 Å². The number of carbonyl (C=O) groups excluding carboxylic acids is 2. The average molecular weight is 287 g/mol. The fraction of sp³-hybridized carbons (Fsp3) is 0.867. The van der Waals surface area contributed by atoms with Gasteiger partial charge in [-0.05, 0) is 40.0 Å². The van der Waals surface area contributed by atoms with E-state index in [1.165, 1.54) is 0 Å². The minimum Gasteiger partial charge on any atom is -0.458 e. The van der Waals surface area contributed by atoms with Crippen molar-refractivity contribution in [3.63, 3.8) is 0 Å². The van der Waals surface area contributed by atoms with E-state index in [1.54, 1.807) is 7.11 Å². The smallest absolute Gasteiger partial charge is 0.329 e. The van der Waals surface area contributed by atoms with E-state index in [2.05, 4.69) is 5.32 Å². The molecule has 0 rings (SSSR count). The molecule has 5 heteroatoms. The van der Waals surface area contributed by atoms with Crippen molar-refractivity contribution in [1.82, 2.24) is 5.32 Å². The van der Waals surface area contributed by atoms with E-state index in [1.807, 2.05) is 41.5 Å². The molecule has 1 N–H and O–H groups in total. The van der Waals surface area contributed by atoms with Crippen molar-refractivity contribution < 1.29 is 19.1 Å². The number of ether oxygens (including phenoxy) is 2. The van der Waals surface area contributed by atoms with Crippen LogP contribution in [0.3, 0.4) is 0 Å². The van der Waals surface area contributed by atoms with Gasteiger partial charge in [0.2, 0.25) is 5.91 Å². The Morgan fingerprint density at radius 2 is 1.70 bits per heavy atom. The molecule has 0 aliphatic rings. The highest BCUT2D eigenvalue weighted by atomic mass is 16.6. The van der Waals surface area contributed by atoms with Gasteiger partial charge in [-0.1, -0.05) is 13.8 Å². The lowest BCUT2D eigenvalue weighted by Crippen LogP contribution is -2.47. The van der Waals surface area contributed by atoms with Gasteiger partial charge in [-0.25, -0.2) is 4.79 Å². The molecule has 2 atom stereocenters. The lowest BCUT2D eigenvalue weighted by Gasteiger charge is -2.26. The van der Waals surface area contributed by atoms with Gasteiger partial charge in [-0.2, -0.15) is 0 Å². The van der Waals surface area contributed by atoms with Crippen molar-refractivity contribution in [3.05, 3.63) is 0 Å². The highest BCUT2D eigenvalue weighted by Crippen LogP contribution is 2.12. The van der Waals surface area contributed by atoms with Crippen LogP contribution >= 0.6 is 0 Å². The van der Waals surface area contributed by atoms with Crippen molar-refractivity contribution in [2.24, 2.45) is 5.92 Å². The van der Waals surface area contributed by atoms with Crippen molar-refractivity contribution in [2.75, 3.05) is 7.11 Å². The molecule has 1 unspecified atom stereocenters. The quantitative estimate of drug-likeness (QED) is 0.730. The summed E-state index contributed by atoms with van der Waals surface area (Å²) in [4.78, 5) is 23.9. The van der Waals surface area contributed by atoms with Crippen molar-refractivity contribution in [1.29, 1.82) is 0 Å². The third-order valence-corrected chi connectivity index (χ3v) is 2.82. The molecule has 0 aliphatic heterocycles. The van der Waals surface area contributed by atoms with Crippen molar-refractivity contribution in [3.8, 4) is 0 Å². The fourth-order valence-electron chi connectivity index (χ4n) is 1.56. The Labute approximate surface area is 122 Å². The molecule has 0 spiro atoms. The van der Waals surface area contributed by atoms with Crippen molar-refractivity contribution in [2.45, 2.75) is 72.1 Å². The molecule has 118 valence electrons. The predicted molar refractivity (Wildman–Crippen MR) is 78.3 cm³/mol. The molecule has 0 aliphatic carbocycles. The van der Waals surface area contributed by atoms with Crippen LogP contribution in [0.4, 0.5) is 0 Å². The molecular formula is C15H29NO4. The zero-order chi connectivity index (χ0) is 15.9. The van der Waals surface area contributed by atoms with E-state index >= 15 is 0 Å². The molecule has 0 aromatic carbocycles. The first-order valence-electron chi connectivity index (χ1n) is 7.11. The molecule has 0 saturated carbocycles. The molecule has 0 radical (unpaired) electrons. The lowest BCUT2D eigenvalue weighted by atomic mass is 10.0. The minimum atomic E-state index is -0.612. The number of methoxy groups -OCH3 is 1. The van der Waals surface area contributed by atoms with E-state index < -0.39 is 11.6 Å². The second-order valence-electron chi connectivity index (χ2n) is 6.41. The third-order valence-electron chi connectivity index (χ3n) is 2.82. The van der Waals surface area contributed by atoms with Gasteiger partial charge in [-0.15, -0.1) is 0 Å². The maximum absolute atomic E-state index is 12.1. The van der Waals surface area contributed by atoms with Crippen LogP contribution in [0, 0.1) is 5.92 Å². The third kappa shape index (κ3) is 8.15. The Balaban J connectivity index is 4.48. The molecule has 0 aromatic rings. The molecular weight excluding hydrogens is 258 g/mol. The zero-order valence-corrected chi connectivity index (χ0v) is 13.8. The van der Waals surface area contributed by atoms with E-state index in [9.17, 15) is 9.59 Å². The molecule has 1 amide bonds. The maximum atomic E-state index is 12.1. The number of amides is 1. The molecule has 0 aromatic heterocycles. The van der Waals surface area contributed by atoms with Crippen LogP contribution in [-0.4, -0.2) is 36.7 Å². The molecule has 5 nitrogen and oxygen atoms in total. The summed E-state index contributed by atoms with van der Waals surface area (Å²) >= 11 is 0. The Morgan fingerprint density at radius 3 is 2.10 bits per heavy atom. The van der Waals surface area contributed by atoms with Gasteiger partial charge in [0.1, 0.15) is 11.6 Å². The average Bonchev–Trinajstić information content (AvgIpc) is 2.30. The van der Waals surface area contributed by atoms with Gasteiger partial charge >= 0.3 is 5.97 Å². The number of nitrogens with one attached hydrogen (secondary N) is 1. The second kappa shape index (κ2) is 8.25. The summed E-state index contributed by atoms with van der Waals surface area (Å²) in [5.74, 6) is -0.562. The van der Waals surface area contributed by atoms with Crippen LogP contribution in [0.5, 0.6) is 0 Å². The van der Waals surface area contributed by atoms with Gasteiger partial charge in [0.15, 0.2) is 0 Å². The van der Waals surface area contributed by atoms with Crippen LogP contribution in [-0.2, 0) is 19.1 Å². The van der Waals surface area contributed by atoms with Crippen LogP contribution in [0.1, 0.15) is 54.4 Å². The number of hydrogen-bond acceptors (Lipinski definition) is 4. The largest absolute Gasteiger partial charge is 0.458 e. The van der Waals surface area contributed by atoms with Gasteiger partial charge < -0.3 is 14.8 Å². The van der Waals surface area contributed by atoms with Crippen LogP contribution in [0.15, 0.2) is 0 Å². The van der Waals surface area contributed by atoms with Crippen molar-refractivity contribution >= 4 is 11.9 Å². The molecule has 0 heterocycles. The fourth-order valence-corrected chi connectivity index (χ4v) is 1.56. The predicted octanol–water partition coefficient (Wildman–Crippen LogP) is 2.28. The summed E-state index contributed by atoms with van der Waals surface area (Å²) in [5.41, 5.74) is -0.556. The highest BCUT2D eigenvalue weighted by molar-refractivity contribution is 5.84. The summed E-state index contributed by atoms with van der Waals surface area (Å²) in [6.07, 6.45) is 0.988.